The monoisotopic (exact) mass is 267 g/mol. The Morgan fingerprint density at radius 2 is 2.32 bits per heavy atom. The quantitative estimate of drug-likeness (QED) is 0.707. The third-order valence-electron chi connectivity index (χ3n) is 2.71. The number of aliphatic hydroxyl groups excluding tert-OH is 1. The molecule has 0 aromatic carbocycles. The zero-order chi connectivity index (χ0) is 14.1. The molecule has 1 rings (SSSR count). The van der Waals surface area contributed by atoms with Crippen molar-refractivity contribution in [3.8, 4) is 0 Å². The summed E-state index contributed by atoms with van der Waals surface area (Å²) in [7, 11) is 3.56. The molecule has 108 valence electrons. The van der Waals surface area contributed by atoms with Gasteiger partial charge in [0.2, 0.25) is 0 Å². The van der Waals surface area contributed by atoms with Crippen LogP contribution in [0.1, 0.15) is 19.0 Å². The minimum Gasteiger partial charge on any atom is -0.389 e. The van der Waals surface area contributed by atoms with Crippen LogP contribution >= 0.6 is 0 Å². The highest BCUT2D eigenvalue weighted by Gasteiger charge is 2.09. The Morgan fingerprint density at radius 3 is 3.00 bits per heavy atom. The van der Waals surface area contributed by atoms with Crippen molar-refractivity contribution < 1.29 is 9.84 Å². The summed E-state index contributed by atoms with van der Waals surface area (Å²) in [6.07, 6.45) is 2.45. The van der Waals surface area contributed by atoms with Gasteiger partial charge in [0.15, 0.2) is 0 Å². The maximum absolute atomic E-state index is 9.67. The Kier molecular flexibility index (Phi) is 7.40. The first-order chi connectivity index (χ1) is 9.15. The van der Waals surface area contributed by atoms with Gasteiger partial charge in [-0.1, -0.05) is 6.92 Å². The number of likely N-dealkylation sites (N-methyl/N-ethyl adjacent to an activating group) is 1. The van der Waals surface area contributed by atoms with Crippen LogP contribution in [0.3, 0.4) is 0 Å². The molecule has 1 aromatic heterocycles. The fraction of sp³-hybridized carbons (Fsp3) is 0.643. The van der Waals surface area contributed by atoms with Crippen molar-refractivity contribution >= 4 is 5.69 Å². The van der Waals surface area contributed by atoms with Crippen LogP contribution in [0, 0.1) is 0 Å². The molecular weight excluding hydrogens is 242 g/mol. The second-order valence-corrected chi connectivity index (χ2v) is 4.77. The highest BCUT2D eigenvalue weighted by molar-refractivity contribution is 5.43. The Bertz CT molecular complexity index is 360. The summed E-state index contributed by atoms with van der Waals surface area (Å²) in [5, 5.41) is 13.0. The zero-order valence-electron chi connectivity index (χ0n) is 12.1. The van der Waals surface area contributed by atoms with Gasteiger partial charge < -0.3 is 15.2 Å². The Morgan fingerprint density at radius 1 is 1.53 bits per heavy atom. The van der Waals surface area contributed by atoms with Crippen LogP contribution in [0.25, 0.3) is 0 Å². The van der Waals surface area contributed by atoms with Crippen molar-refractivity contribution in [1.29, 1.82) is 0 Å². The molecule has 5 heteroatoms. The SMILES string of the molecule is CCCNc1ccnc(CN(C)CC(O)COC)c1. The van der Waals surface area contributed by atoms with Crippen molar-refractivity contribution in [1.82, 2.24) is 9.88 Å². The van der Waals surface area contributed by atoms with E-state index in [1.54, 1.807) is 7.11 Å². The van der Waals surface area contributed by atoms with E-state index in [1.165, 1.54) is 0 Å². The highest BCUT2D eigenvalue weighted by Crippen LogP contribution is 2.09. The van der Waals surface area contributed by atoms with Crippen LogP contribution in [-0.2, 0) is 11.3 Å². The molecule has 0 saturated heterocycles. The average molecular weight is 267 g/mol. The number of hydrogen-bond donors (Lipinski definition) is 2. The summed E-state index contributed by atoms with van der Waals surface area (Å²) in [6.45, 7) is 4.74. The topological polar surface area (TPSA) is 57.6 Å². The number of nitrogens with one attached hydrogen (secondary N) is 1. The summed E-state index contributed by atoms with van der Waals surface area (Å²) in [4.78, 5) is 6.38. The Balaban J connectivity index is 2.46. The normalized spacial score (nSPS) is 12.7. The smallest absolute Gasteiger partial charge is 0.0900 e. The summed E-state index contributed by atoms with van der Waals surface area (Å²) >= 11 is 0. The van der Waals surface area contributed by atoms with E-state index in [-0.39, 0.29) is 0 Å². The number of aliphatic hydroxyl groups is 1. The first kappa shape index (κ1) is 15.9. The van der Waals surface area contributed by atoms with E-state index in [1.807, 2.05) is 24.2 Å². The van der Waals surface area contributed by atoms with Crippen LogP contribution in [-0.4, -0.2) is 54.9 Å². The minimum atomic E-state index is -0.462. The molecule has 0 saturated carbocycles. The van der Waals surface area contributed by atoms with Gasteiger partial charge in [0.1, 0.15) is 0 Å². The fourth-order valence-corrected chi connectivity index (χ4v) is 1.89. The van der Waals surface area contributed by atoms with Crippen LogP contribution in [0.15, 0.2) is 18.3 Å². The number of rotatable bonds is 9. The van der Waals surface area contributed by atoms with E-state index in [4.69, 9.17) is 4.74 Å². The van der Waals surface area contributed by atoms with Crippen molar-refractivity contribution in [2.75, 3.05) is 39.2 Å². The molecule has 1 aromatic rings. The number of aromatic nitrogens is 1. The van der Waals surface area contributed by atoms with E-state index in [0.29, 0.717) is 19.7 Å². The van der Waals surface area contributed by atoms with Gasteiger partial charge in [0, 0.05) is 38.6 Å². The van der Waals surface area contributed by atoms with E-state index in [9.17, 15) is 5.11 Å². The molecule has 0 bridgehead atoms. The number of pyridine rings is 1. The highest BCUT2D eigenvalue weighted by atomic mass is 16.5. The molecule has 1 heterocycles. The fourth-order valence-electron chi connectivity index (χ4n) is 1.89. The number of hydrogen-bond acceptors (Lipinski definition) is 5. The van der Waals surface area contributed by atoms with Gasteiger partial charge in [-0.2, -0.15) is 0 Å². The van der Waals surface area contributed by atoms with Gasteiger partial charge in [0.25, 0.3) is 0 Å². The standard InChI is InChI=1S/C14H25N3O2/c1-4-6-15-12-5-7-16-13(8-12)9-17(2)10-14(18)11-19-3/h5,7-8,14,18H,4,6,9-11H2,1-3H3,(H,15,16). The average Bonchev–Trinajstić information content (AvgIpc) is 2.36. The summed E-state index contributed by atoms with van der Waals surface area (Å²) in [6, 6.07) is 4.02. The molecule has 0 aliphatic carbocycles. The lowest BCUT2D eigenvalue weighted by atomic mass is 10.2. The summed E-state index contributed by atoms with van der Waals surface area (Å²) < 4.78 is 4.92. The molecular formula is C14H25N3O2. The van der Waals surface area contributed by atoms with Crippen molar-refractivity contribution in [2.24, 2.45) is 0 Å². The van der Waals surface area contributed by atoms with E-state index < -0.39 is 6.10 Å². The summed E-state index contributed by atoms with van der Waals surface area (Å²) in [5.41, 5.74) is 2.09. The molecule has 0 fully saturated rings. The first-order valence-corrected chi connectivity index (χ1v) is 6.70. The minimum absolute atomic E-state index is 0.357. The third-order valence-corrected chi connectivity index (χ3v) is 2.71. The van der Waals surface area contributed by atoms with Gasteiger partial charge in [-0.05, 0) is 25.6 Å². The predicted octanol–water partition coefficient (Wildman–Crippen LogP) is 1.34. The number of anilines is 1. The molecule has 19 heavy (non-hydrogen) atoms. The number of ether oxygens (including phenoxy) is 1. The van der Waals surface area contributed by atoms with Gasteiger partial charge in [-0.3, -0.25) is 9.88 Å². The lowest BCUT2D eigenvalue weighted by molar-refractivity contribution is 0.0417. The molecule has 1 unspecified atom stereocenters. The first-order valence-electron chi connectivity index (χ1n) is 6.70. The van der Waals surface area contributed by atoms with Gasteiger partial charge in [0.05, 0.1) is 18.4 Å². The maximum atomic E-state index is 9.67. The van der Waals surface area contributed by atoms with Gasteiger partial charge in [-0.25, -0.2) is 0 Å². The van der Waals surface area contributed by atoms with E-state index >= 15 is 0 Å². The van der Waals surface area contributed by atoms with Crippen LogP contribution < -0.4 is 5.32 Å². The molecule has 0 amide bonds. The van der Waals surface area contributed by atoms with Crippen molar-refractivity contribution in [3.05, 3.63) is 24.0 Å². The number of nitrogens with zero attached hydrogens (tertiary/aromatic N) is 2. The second kappa shape index (κ2) is 8.85. The molecule has 0 aliphatic rings. The molecule has 5 nitrogen and oxygen atoms in total. The third kappa shape index (κ3) is 6.52. The predicted molar refractivity (Wildman–Crippen MR) is 77.2 cm³/mol. The number of methoxy groups -OCH3 is 1. The largest absolute Gasteiger partial charge is 0.389 e. The van der Waals surface area contributed by atoms with Gasteiger partial charge >= 0.3 is 0 Å². The van der Waals surface area contributed by atoms with E-state index in [2.05, 4.69) is 23.3 Å². The van der Waals surface area contributed by atoms with Gasteiger partial charge in [-0.15, -0.1) is 0 Å². The lowest BCUT2D eigenvalue weighted by Crippen LogP contribution is -2.31. The zero-order valence-corrected chi connectivity index (χ0v) is 12.1. The molecule has 1 atom stereocenters. The molecule has 0 radical (unpaired) electrons. The maximum Gasteiger partial charge on any atom is 0.0900 e. The van der Waals surface area contributed by atoms with Crippen molar-refractivity contribution in [2.45, 2.75) is 26.0 Å². The summed E-state index contributed by atoms with van der Waals surface area (Å²) in [5.74, 6) is 0. The van der Waals surface area contributed by atoms with Crippen LogP contribution in [0.4, 0.5) is 5.69 Å². The molecule has 0 aliphatic heterocycles. The van der Waals surface area contributed by atoms with Crippen LogP contribution in [0.5, 0.6) is 0 Å². The van der Waals surface area contributed by atoms with Crippen molar-refractivity contribution in [3.63, 3.8) is 0 Å². The van der Waals surface area contributed by atoms with E-state index in [0.717, 1.165) is 24.3 Å². The second-order valence-electron chi connectivity index (χ2n) is 4.77. The Labute approximate surface area is 115 Å². The molecule has 0 spiro atoms. The Hall–Kier alpha value is -1.17. The lowest BCUT2D eigenvalue weighted by Gasteiger charge is -2.20. The van der Waals surface area contributed by atoms with Crippen LogP contribution in [0.2, 0.25) is 0 Å². The molecule has 2 N–H and O–H groups in total.